The number of hydrazone groups is 1. The molecule has 0 aliphatic carbocycles. The minimum Gasteiger partial charge on any atom is -0.493 e. The van der Waals surface area contributed by atoms with Gasteiger partial charge in [0.25, 0.3) is 0 Å². The van der Waals surface area contributed by atoms with Gasteiger partial charge in [0.15, 0.2) is 17.3 Å². The van der Waals surface area contributed by atoms with Gasteiger partial charge in [-0.2, -0.15) is 5.10 Å². The topological polar surface area (TPSA) is 73.1 Å². The highest BCUT2D eigenvalue weighted by atomic mass is 127. The van der Waals surface area contributed by atoms with Crippen molar-refractivity contribution in [1.29, 1.82) is 0 Å². The lowest BCUT2D eigenvalue weighted by Gasteiger charge is -2.14. The number of furan rings is 1. The first-order chi connectivity index (χ1) is 16.3. The molecule has 4 rings (SSSR count). The predicted molar refractivity (Wildman–Crippen MR) is 145 cm³/mol. The number of ether oxygens (including phenoxy) is 2. The van der Waals surface area contributed by atoms with E-state index in [1.807, 2.05) is 24.3 Å². The number of fused-ring (bicyclic) bond motifs is 1. The number of benzene rings is 3. The molecule has 174 valence electrons. The molecule has 4 aromatic rings. The van der Waals surface area contributed by atoms with Crippen molar-refractivity contribution in [3.05, 3.63) is 89.6 Å². The molecule has 0 spiro atoms. The van der Waals surface area contributed by atoms with Gasteiger partial charge in [-0.15, -0.1) is 0 Å². The third-order valence-electron chi connectivity index (χ3n) is 4.72. The monoisotopic (exact) mass is 672 g/mol. The fourth-order valence-electron chi connectivity index (χ4n) is 3.09. The quantitative estimate of drug-likeness (QED) is 0.126. The number of nitrogens with zero attached hydrogens (tertiary/aromatic N) is 1. The van der Waals surface area contributed by atoms with E-state index in [0.29, 0.717) is 32.7 Å². The maximum Gasteiger partial charge on any atom is 0.307 e. The second kappa shape index (κ2) is 11.0. The van der Waals surface area contributed by atoms with Gasteiger partial charge in [-0.3, -0.25) is 4.79 Å². The second-order valence-corrected chi connectivity index (χ2v) is 9.97. The Kier molecular flexibility index (Phi) is 8.02. The van der Waals surface area contributed by atoms with Crippen molar-refractivity contribution in [2.75, 3.05) is 7.11 Å². The minimum absolute atomic E-state index is 0.169. The molecule has 0 saturated heterocycles. The Morgan fingerprint density at radius 3 is 2.76 bits per heavy atom. The molecule has 0 saturated carbocycles. The smallest absolute Gasteiger partial charge is 0.307 e. The predicted octanol–water partition coefficient (Wildman–Crippen LogP) is 7.46. The molecular weight excluding hydrogens is 658 g/mol. The van der Waals surface area contributed by atoms with Gasteiger partial charge in [0.05, 0.1) is 16.9 Å². The maximum atomic E-state index is 12.4. The zero-order chi connectivity index (χ0) is 24.2. The Morgan fingerprint density at radius 1 is 1.18 bits per heavy atom. The van der Waals surface area contributed by atoms with Gasteiger partial charge >= 0.3 is 5.91 Å². The van der Waals surface area contributed by atoms with Crippen LogP contribution in [0.5, 0.6) is 11.5 Å². The van der Waals surface area contributed by atoms with Crippen LogP contribution in [0.1, 0.15) is 21.7 Å². The zero-order valence-electron chi connectivity index (χ0n) is 17.6. The van der Waals surface area contributed by atoms with E-state index >= 15 is 0 Å². The fourth-order valence-corrected chi connectivity index (χ4v) is 4.71. The van der Waals surface area contributed by atoms with E-state index in [4.69, 9.17) is 37.1 Å². The summed E-state index contributed by atoms with van der Waals surface area (Å²) in [5.74, 6) is 0.809. The first-order valence-electron chi connectivity index (χ1n) is 9.81. The average molecular weight is 674 g/mol. The van der Waals surface area contributed by atoms with Crippen LogP contribution in [-0.2, 0) is 6.61 Å². The summed E-state index contributed by atoms with van der Waals surface area (Å²) >= 11 is 17.7. The average Bonchev–Trinajstić information content (AvgIpc) is 3.22. The van der Waals surface area contributed by atoms with Crippen molar-refractivity contribution < 1.29 is 18.7 Å². The minimum atomic E-state index is -0.454. The van der Waals surface area contributed by atoms with Crippen LogP contribution in [0, 0.1) is 3.57 Å². The third-order valence-corrected chi connectivity index (χ3v) is 6.60. The van der Waals surface area contributed by atoms with Crippen molar-refractivity contribution >= 4 is 84.8 Å². The molecule has 10 heteroatoms. The third kappa shape index (κ3) is 5.86. The maximum absolute atomic E-state index is 12.4. The number of halogens is 4. The standard InChI is InChI=1S/C24H16BrCl2IN2O4/c1-32-21-7-13(6-19(28)23(21)33-12-14-2-4-17(26)10-18(14)27)11-29-30-24(31)22-9-15-8-16(25)3-5-20(15)34-22/h2-11H,12H2,1H3,(H,30,31)/b29-11+. The molecule has 1 N–H and O–H groups in total. The van der Waals surface area contributed by atoms with Gasteiger partial charge in [0.2, 0.25) is 0 Å². The van der Waals surface area contributed by atoms with E-state index in [9.17, 15) is 4.79 Å². The number of methoxy groups -OCH3 is 1. The Bertz CT molecular complexity index is 1410. The molecule has 34 heavy (non-hydrogen) atoms. The highest BCUT2D eigenvalue weighted by molar-refractivity contribution is 14.1. The van der Waals surface area contributed by atoms with Crippen molar-refractivity contribution in [3.63, 3.8) is 0 Å². The van der Waals surface area contributed by atoms with Crippen LogP contribution in [-0.4, -0.2) is 19.2 Å². The van der Waals surface area contributed by atoms with E-state index in [1.54, 1.807) is 37.4 Å². The van der Waals surface area contributed by atoms with E-state index in [-0.39, 0.29) is 12.4 Å². The van der Waals surface area contributed by atoms with Crippen molar-refractivity contribution in [2.45, 2.75) is 6.61 Å². The van der Waals surface area contributed by atoms with Crippen LogP contribution in [0.2, 0.25) is 10.0 Å². The molecule has 0 unspecified atom stereocenters. The van der Waals surface area contributed by atoms with Gasteiger partial charge in [0, 0.05) is 25.5 Å². The summed E-state index contributed by atoms with van der Waals surface area (Å²) in [5, 5.41) is 5.95. The number of hydrogen-bond acceptors (Lipinski definition) is 5. The van der Waals surface area contributed by atoms with Gasteiger partial charge in [0.1, 0.15) is 12.2 Å². The van der Waals surface area contributed by atoms with Crippen LogP contribution in [0.4, 0.5) is 0 Å². The molecule has 6 nitrogen and oxygen atoms in total. The van der Waals surface area contributed by atoms with Crippen LogP contribution in [0.3, 0.4) is 0 Å². The van der Waals surface area contributed by atoms with Crippen molar-refractivity contribution in [2.24, 2.45) is 5.10 Å². The lowest BCUT2D eigenvalue weighted by molar-refractivity contribution is 0.0929. The normalized spacial score (nSPS) is 11.2. The van der Waals surface area contributed by atoms with Gasteiger partial charge < -0.3 is 13.9 Å². The molecule has 1 heterocycles. The number of carbonyl (C=O) groups excluding carboxylic acids is 1. The Balaban J connectivity index is 1.45. The first kappa shape index (κ1) is 24.8. The molecular formula is C24H16BrCl2IN2O4. The lowest BCUT2D eigenvalue weighted by atomic mass is 10.2. The highest BCUT2D eigenvalue weighted by Crippen LogP contribution is 2.35. The molecule has 1 amide bonds. The summed E-state index contributed by atoms with van der Waals surface area (Å²) in [6, 6.07) is 16.0. The summed E-state index contributed by atoms with van der Waals surface area (Å²) in [6.45, 7) is 0.250. The number of hydrogen-bond donors (Lipinski definition) is 1. The summed E-state index contributed by atoms with van der Waals surface area (Å²) < 4.78 is 18.7. The molecule has 0 aliphatic rings. The Labute approximate surface area is 227 Å². The van der Waals surface area contributed by atoms with Crippen molar-refractivity contribution in [1.82, 2.24) is 5.43 Å². The highest BCUT2D eigenvalue weighted by Gasteiger charge is 2.14. The van der Waals surface area contributed by atoms with E-state index in [0.717, 1.165) is 19.0 Å². The second-order valence-electron chi connectivity index (χ2n) is 7.05. The Hall–Kier alpha value is -2.27. The van der Waals surface area contributed by atoms with E-state index in [1.165, 1.54) is 6.21 Å². The molecule has 1 aromatic heterocycles. The summed E-state index contributed by atoms with van der Waals surface area (Å²) in [6.07, 6.45) is 1.52. The summed E-state index contributed by atoms with van der Waals surface area (Å²) in [7, 11) is 1.55. The zero-order valence-corrected chi connectivity index (χ0v) is 22.8. The fraction of sp³-hybridized carbons (Fsp3) is 0.0833. The number of amides is 1. The van der Waals surface area contributed by atoms with Gasteiger partial charge in [-0.1, -0.05) is 45.2 Å². The number of rotatable bonds is 7. The number of carbonyl (C=O) groups is 1. The van der Waals surface area contributed by atoms with Crippen molar-refractivity contribution in [3.8, 4) is 11.5 Å². The molecule has 0 fully saturated rings. The largest absolute Gasteiger partial charge is 0.493 e. The Morgan fingerprint density at radius 2 is 2.00 bits per heavy atom. The molecule has 0 radical (unpaired) electrons. The molecule has 3 aromatic carbocycles. The van der Waals surface area contributed by atoms with E-state index < -0.39 is 5.91 Å². The van der Waals surface area contributed by atoms with Gasteiger partial charge in [-0.05, 0) is 76.7 Å². The van der Waals surface area contributed by atoms with Crippen LogP contribution >= 0.6 is 61.7 Å². The summed E-state index contributed by atoms with van der Waals surface area (Å²) in [4.78, 5) is 12.4. The van der Waals surface area contributed by atoms with Crippen LogP contribution in [0.25, 0.3) is 11.0 Å². The number of nitrogens with one attached hydrogen (secondary N) is 1. The van der Waals surface area contributed by atoms with E-state index in [2.05, 4.69) is 49.0 Å². The SMILES string of the molecule is COc1cc(/C=N/NC(=O)c2cc3cc(Br)ccc3o2)cc(I)c1OCc1ccc(Cl)cc1Cl. The summed E-state index contributed by atoms with van der Waals surface area (Å²) in [5.41, 5.74) is 4.61. The molecule has 0 bridgehead atoms. The van der Waals surface area contributed by atoms with Gasteiger partial charge in [-0.25, -0.2) is 5.43 Å². The van der Waals surface area contributed by atoms with Crippen LogP contribution < -0.4 is 14.9 Å². The lowest BCUT2D eigenvalue weighted by Crippen LogP contribution is -2.16. The molecule has 0 atom stereocenters. The first-order valence-corrected chi connectivity index (χ1v) is 12.4. The van der Waals surface area contributed by atoms with Crippen LogP contribution in [0.15, 0.2) is 68.6 Å². The molecule has 0 aliphatic heterocycles.